The molecule has 1 rings (SSSR count). The van der Waals surface area contributed by atoms with Gasteiger partial charge in [0.15, 0.2) is 0 Å². The van der Waals surface area contributed by atoms with Crippen LogP contribution in [0.5, 0.6) is 0 Å². The van der Waals surface area contributed by atoms with E-state index in [-0.39, 0.29) is 23.9 Å². The predicted octanol–water partition coefficient (Wildman–Crippen LogP) is 0.806. The molecule has 1 aromatic rings. The first-order valence-corrected chi connectivity index (χ1v) is 6.40. The van der Waals surface area contributed by atoms with E-state index in [9.17, 15) is 9.59 Å². The van der Waals surface area contributed by atoms with Crippen LogP contribution in [0, 0.1) is 0 Å². The fraction of sp³-hybridized carbons (Fsp3) is 0.500. The minimum absolute atomic E-state index is 0.0352. The molecular formula is C14H22N4O2. The van der Waals surface area contributed by atoms with Crippen molar-refractivity contribution >= 4 is 17.9 Å². The highest BCUT2D eigenvalue weighted by Gasteiger charge is 2.16. The summed E-state index contributed by atoms with van der Waals surface area (Å²) in [7, 11) is 3.40. The lowest BCUT2D eigenvalue weighted by atomic mass is 10.1. The van der Waals surface area contributed by atoms with Crippen molar-refractivity contribution in [3.63, 3.8) is 0 Å². The Morgan fingerprint density at radius 2 is 2.10 bits per heavy atom. The standard InChI is InChI=1S/C14H22N4O2/c1-14(2,3)16-12(19)10-17(4)13(20)7-6-11-8-15-18(5)9-11/h6-9H,10H2,1-5H3,(H,16,19). The van der Waals surface area contributed by atoms with Gasteiger partial charge in [0.1, 0.15) is 0 Å². The zero-order valence-electron chi connectivity index (χ0n) is 12.7. The van der Waals surface area contributed by atoms with Crippen molar-refractivity contribution < 1.29 is 9.59 Å². The van der Waals surface area contributed by atoms with Crippen LogP contribution in [0.3, 0.4) is 0 Å². The van der Waals surface area contributed by atoms with E-state index in [1.54, 1.807) is 30.2 Å². The van der Waals surface area contributed by atoms with Gasteiger partial charge in [-0.1, -0.05) is 0 Å². The molecule has 0 unspecified atom stereocenters. The van der Waals surface area contributed by atoms with E-state index in [1.165, 1.54) is 11.0 Å². The van der Waals surface area contributed by atoms with E-state index >= 15 is 0 Å². The van der Waals surface area contributed by atoms with E-state index in [1.807, 2.05) is 27.8 Å². The molecule has 1 heterocycles. The molecule has 1 aromatic heterocycles. The molecule has 0 aliphatic carbocycles. The maximum Gasteiger partial charge on any atom is 0.246 e. The summed E-state index contributed by atoms with van der Waals surface area (Å²) in [5.74, 6) is -0.402. The average molecular weight is 278 g/mol. The highest BCUT2D eigenvalue weighted by molar-refractivity contribution is 5.94. The fourth-order valence-corrected chi connectivity index (χ4v) is 1.57. The molecule has 0 atom stereocenters. The first kappa shape index (κ1) is 15.9. The third kappa shape index (κ3) is 5.69. The monoisotopic (exact) mass is 278 g/mol. The highest BCUT2D eigenvalue weighted by Crippen LogP contribution is 2.01. The molecule has 0 aromatic carbocycles. The van der Waals surface area contributed by atoms with Gasteiger partial charge < -0.3 is 10.2 Å². The van der Waals surface area contributed by atoms with E-state index < -0.39 is 0 Å². The van der Waals surface area contributed by atoms with Gasteiger partial charge in [0.25, 0.3) is 0 Å². The molecule has 0 bridgehead atoms. The normalized spacial score (nSPS) is 11.7. The summed E-state index contributed by atoms with van der Waals surface area (Å²) < 4.78 is 1.66. The van der Waals surface area contributed by atoms with E-state index in [2.05, 4.69) is 10.4 Å². The van der Waals surface area contributed by atoms with Crippen LogP contribution in [0.15, 0.2) is 18.5 Å². The second-order valence-electron chi connectivity index (χ2n) is 5.77. The number of carbonyl (C=O) groups is 2. The highest BCUT2D eigenvalue weighted by atomic mass is 16.2. The largest absolute Gasteiger partial charge is 0.350 e. The van der Waals surface area contributed by atoms with Crippen molar-refractivity contribution in [2.45, 2.75) is 26.3 Å². The number of amides is 2. The van der Waals surface area contributed by atoms with Gasteiger partial charge in [-0.3, -0.25) is 14.3 Å². The number of aromatic nitrogens is 2. The number of nitrogens with one attached hydrogen (secondary N) is 1. The van der Waals surface area contributed by atoms with Crippen LogP contribution >= 0.6 is 0 Å². The molecule has 0 fully saturated rings. The summed E-state index contributed by atoms with van der Waals surface area (Å²) in [5.41, 5.74) is 0.542. The van der Waals surface area contributed by atoms with Crippen LogP contribution in [0.25, 0.3) is 6.08 Å². The van der Waals surface area contributed by atoms with E-state index in [0.29, 0.717) is 0 Å². The third-order valence-corrected chi connectivity index (χ3v) is 2.41. The van der Waals surface area contributed by atoms with Gasteiger partial charge in [0.05, 0.1) is 12.7 Å². The van der Waals surface area contributed by atoms with Crippen LogP contribution in [-0.2, 0) is 16.6 Å². The number of hydrogen-bond donors (Lipinski definition) is 1. The smallest absolute Gasteiger partial charge is 0.246 e. The molecule has 0 saturated carbocycles. The van der Waals surface area contributed by atoms with Crippen molar-refractivity contribution in [3.05, 3.63) is 24.0 Å². The molecule has 0 aliphatic heterocycles. The fourth-order valence-electron chi connectivity index (χ4n) is 1.57. The topological polar surface area (TPSA) is 67.2 Å². The lowest BCUT2D eigenvalue weighted by Crippen LogP contribution is -2.46. The van der Waals surface area contributed by atoms with Crippen molar-refractivity contribution in [2.75, 3.05) is 13.6 Å². The summed E-state index contributed by atoms with van der Waals surface area (Å²) in [4.78, 5) is 24.9. The number of aryl methyl sites for hydroxylation is 1. The Labute approximate surface area is 119 Å². The maximum atomic E-state index is 11.9. The Morgan fingerprint density at radius 3 is 2.60 bits per heavy atom. The van der Waals surface area contributed by atoms with E-state index in [0.717, 1.165) is 5.56 Å². The van der Waals surface area contributed by atoms with Crippen molar-refractivity contribution in [2.24, 2.45) is 7.05 Å². The van der Waals surface area contributed by atoms with Gasteiger partial charge in [0, 0.05) is 37.5 Å². The van der Waals surface area contributed by atoms with Gasteiger partial charge in [0.2, 0.25) is 11.8 Å². The van der Waals surface area contributed by atoms with Crippen LogP contribution in [-0.4, -0.2) is 45.6 Å². The van der Waals surface area contributed by atoms with Crippen LogP contribution in [0.4, 0.5) is 0 Å². The zero-order valence-corrected chi connectivity index (χ0v) is 12.7. The lowest BCUT2D eigenvalue weighted by Gasteiger charge is -2.22. The number of rotatable bonds is 4. The Bertz CT molecular complexity index is 511. The SMILES string of the molecule is CN(CC(=O)NC(C)(C)C)C(=O)C=Cc1cnn(C)c1. The van der Waals surface area contributed by atoms with Crippen molar-refractivity contribution in [1.29, 1.82) is 0 Å². The third-order valence-electron chi connectivity index (χ3n) is 2.41. The second-order valence-corrected chi connectivity index (χ2v) is 5.77. The zero-order chi connectivity index (χ0) is 15.3. The molecule has 6 nitrogen and oxygen atoms in total. The van der Waals surface area contributed by atoms with Crippen LogP contribution in [0.2, 0.25) is 0 Å². The minimum atomic E-state index is -0.299. The van der Waals surface area contributed by atoms with Crippen LogP contribution in [0.1, 0.15) is 26.3 Å². The van der Waals surface area contributed by atoms with Crippen LogP contribution < -0.4 is 5.32 Å². The molecular weight excluding hydrogens is 256 g/mol. The van der Waals surface area contributed by atoms with E-state index in [4.69, 9.17) is 0 Å². The summed E-state index contributed by atoms with van der Waals surface area (Å²) in [6.45, 7) is 5.73. The number of carbonyl (C=O) groups excluding carboxylic acids is 2. The van der Waals surface area contributed by atoms with Crippen molar-refractivity contribution in [3.8, 4) is 0 Å². The predicted molar refractivity (Wildman–Crippen MR) is 77.8 cm³/mol. The molecule has 110 valence electrons. The first-order chi connectivity index (χ1) is 9.17. The maximum absolute atomic E-state index is 11.9. The summed E-state index contributed by atoms with van der Waals surface area (Å²) in [5, 5.41) is 6.82. The van der Waals surface area contributed by atoms with Gasteiger partial charge in [-0.25, -0.2) is 0 Å². The molecule has 0 saturated heterocycles. The molecule has 0 spiro atoms. The van der Waals surface area contributed by atoms with Gasteiger partial charge in [-0.15, -0.1) is 0 Å². The van der Waals surface area contributed by atoms with Gasteiger partial charge >= 0.3 is 0 Å². The Hall–Kier alpha value is -2.11. The lowest BCUT2D eigenvalue weighted by molar-refractivity contribution is -0.131. The Morgan fingerprint density at radius 1 is 1.45 bits per heavy atom. The second kappa shape index (κ2) is 6.36. The Kier molecular flexibility index (Phi) is 5.07. The number of likely N-dealkylation sites (N-methyl/N-ethyl adjacent to an activating group) is 1. The molecule has 20 heavy (non-hydrogen) atoms. The molecule has 2 amide bonds. The molecule has 0 aliphatic rings. The molecule has 0 radical (unpaired) electrons. The quantitative estimate of drug-likeness (QED) is 0.829. The van der Waals surface area contributed by atoms with Gasteiger partial charge in [-0.2, -0.15) is 5.10 Å². The molecule has 1 N–H and O–H groups in total. The minimum Gasteiger partial charge on any atom is -0.350 e. The summed E-state index contributed by atoms with van der Waals surface area (Å²) in [6, 6.07) is 0. The average Bonchev–Trinajstić information content (AvgIpc) is 2.69. The summed E-state index contributed by atoms with van der Waals surface area (Å²) >= 11 is 0. The van der Waals surface area contributed by atoms with Gasteiger partial charge in [-0.05, 0) is 26.8 Å². The Balaban J connectivity index is 2.51. The summed E-state index contributed by atoms with van der Waals surface area (Å²) in [6.07, 6.45) is 6.57. The number of nitrogens with zero attached hydrogens (tertiary/aromatic N) is 3. The number of hydrogen-bond acceptors (Lipinski definition) is 3. The molecule has 6 heteroatoms. The van der Waals surface area contributed by atoms with Crippen molar-refractivity contribution in [1.82, 2.24) is 20.0 Å². The first-order valence-electron chi connectivity index (χ1n) is 6.40.